The number of hydrogen-bond donors (Lipinski definition) is 0. The second kappa shape index (κ2) is 33.6. The van der Waals surface area contributed by atoms with Crippen LogP contribution in [0, 0.1) is 200 Å². The van der Waals surface area contributed by atoms with Gasteiger partial charge in [-0.15, -0.1) is 12.8 Å². The molecule has 0 spiro atoms. The Hall–Kier alpha value is -9.22. The molecular formula is C60H84O4. The van der Waals surface area contributed by atoms with Crippen LogP contribution in [0.3, 0.4) is 0 Å². The van der Waals surface area contributed by atoms with E-state index < -0.39 is 11.6 Å². The highest BCUT2D eigenvalue weighted by atomic mass is 16.7. The second-order valence-corrected chi connectivity index (χ2v) is 15.0. The molecule has 2 aromatic carbocycles. The molecular weight excluding hydrogens is 785 g/mol. The van der Waals surface area contributed by atoms with Crippen molar-refractivity contribution in [3.8, 4) is 179 Å². The smallest absolute Gasteiger partial charge is 0.233 e. The number of ketones is 2. The van der Waals surface area contributed by atoms with Crippen LogP contribution in [0.4, 0.5) is 0 Å². The van der Waals surface area contributed by atoms with Crippen molar-refractivity contribution in [3.05, 3.63) is 80.7 Å². The Morgan fingerprint density at radius 1 is 0.406 bits per heavy atom. The second-order valence-electron chi connectivity index (χ2n) is 15.0. The minimum Gasteiger partial charge on any atom is -0.285 e. The molecule has 0 aliphatic rings. The zero-order valence-electron chi connectivity index (χ0n) is 37.4. The van der Waals surface area contributed by atoms with E-state index in [0.29, 0.717) is 23.0 Å². The first-order valence-electron chi connectivity index (χ1n) is 19.6. The molecule has 0 saturated carbocycles. The Balaban J connectivity index is -0.0000000393. The van der Waals surface area contributed by atoms with Crippen molar-refractivity contribution in [3.63, 3.8) is 0 Å². The Morgan fingerprint density at radius 2 is 0.594 bits per heavy atom. The fraction of sp³-hybridized carbons (Fsp3) is 0.267. The molecule has 0 aromatic heterocycles. The van der Waals surface area contributed by atoms with Crippen molar-refractivity contribution in [2.24, 2.45) is 11.8 Å². The first-order chi connectivity index (χ1) is 30.7. The standard InChI is InChI=1S/C30H42O2.C30H2.O2.20H2/c1-21(2)17-19-29(5,6)25-13-9-23(10-14-25)27(31)28(32)24-11-15-26(16-12-24)30(7,8)20-18-22(3)4;1-3-5-7-9-11-13-15-17-19-21-23-25-27-29-30-28-26-24-22-20-18-16-14-12-10-8-6-4-2;1-2;;;;;;;;;;;;;;;;;;;;/h9-16,21-22H,17-20H2,1-8H3;1-2H;;20*1H. The number of rotatable bonds is 11. The van der Waals surface area contributed by atoms with Gasteiger partial charge in [0, 0.05) is 121 Å². The van der Waals surface area contributed by atoms with Crippen LogP contribution in [0.1, 0.15) is 141 Å². The summed E-state index contributed by atoms with van der Waals surface area (Å²) in [7, 11) is 0. The Bertz CT molecular complexity index is 2790. The molecule has 0 fully saturated rings. The van der Waals surface area contributed by atoms with Gasteiger partial charge in [0.05, 0.1) is 0 Å². The number of terminal acetylenes is 2. The van der Waals surface area contributed by atoms with Gasteiger partial charge in [0.2, 0.25) is 11.6 Å². The maximum atomic E-state index is 12.8. The minimum atomic E-state index is -0.441. The number of carbonyl (C=O) groups excluding carboxylic acids is 2. The molecule has 0 bridgehead atoms. The Morgan fingerprint density at radius 3 is 0.766 bits per heavy atom. The highest BCUT2D eigenvalue weighted by molar-refractivity contribution is 6.49. The predicted octanol–water partition coefficient (Wildman–Crippen LogP) is 13.5. The van der Waals surface area contributed by atoms with Gasteiger partial charge < -0.3 is 0 Å². The van der Waals surface area contributed by atoms with Crippen LogP contribution in [0.5, 0.6) is 0 Å². The van der Waals surface area contributed by atoms with Gasteiger partial charge >= 0.3 is 0 Å². The zero-order valence-corrected chi connectivity index (χ0v) is 37.4. The van der Waals surface area contributed by atoms with Gasteiger partial charge in [0.15, 0.2) is 0 Å². The minimum absolute atomic E-state index is 0. The van der Waals surface area contributed by atoms with E-state index in [9.17, 15) is 9.59 Å². The topological polar surface area (TPSA) is 68.3 Å². The van der Waals surface area contributed by atoms with Crippen molar-refractivity contribution in [1.82, 2.24) is 0 Å². The summed E-state index contributed by atoms with van der Waals surface area (Å²) in [6, 6.07) is 15.2. The third-order valence-corrected chi connectivity index (χ3v) is 8.46. The predicted molar refractivity (Wildman–Crippen MR) is 304 cm³/mol. The molecule has 4 nitrogen and oxygen atoms in total. The number of Topliss-reactive ketones (excluding diaryl/α,β-unsaturated/α-hetero) is 2. The lowest BCUT2D eigenvalue weighted by atomic mass is 9.78. The van der Waals surface area contributed by atoms with Crippen LogP contribution in [0.2, 0.25) is 0 Å². The largest absolute Gasteiger partial charge is 0.285 e. The lowest BCUT2D eigenvalue weighted by Gasteiger charge is -2.26. The van der Waals surface area contributed by atoms with Gasteiger partial charge in [0.1, 0.15) is 0 Å². The molecule has 0 amide bonds. The molecule has 0 aliphatic heterocycles. The third-order valence-electron chi connectivity index (χ3n) is 8.46. The van der Waals surface area contributed by atoms with Gasteiger partial charge in [-0.1, -0.05) is 117 Å². The summed E-state index contributed by atoms with van der Waals surface area (Å²) in [6.45, 7) is 17.9. The summed E-state index contributed by atoms with van der Waals surface area (Å²) >= 11 is 0. The van der Waals surface area contributed by atoms with Gasteiger partial charge in [-0.3, -0.25) is 9.59 Å². The summed E-state index contributed by atoms with van der Waals surface area (Å²) < 4.78 is 0. The molecule has 4 heteroatoms. The maximum absolute atomic E-state index is 12.8. The van der Waals surface area contributed by atoms with Crippen molar-refractivity contribution in [2.75, 3.05) is 0 Å². The van der Waals surface area contributed by atoms with Crippen LogP contribution in [-0.4, -0.2) is 11.6 Å². The summed E-state index contributed by atoms with van der Waals surface area (Å²) in [5.74, 6) is 68.6. The molecule has 64 heavy (non-hydrogen) atoms. The zero-order chi connectivity index (χ0) is 47.9. The van der Waals surface area contributed by atoms with E-state index in [2.05, 4.69) is 221 Å². The molecule has 0 atom stereocenters. The van der Waals surface area contributed by atoms with E-state index >= 15 is 0 Å². The quantitative estimate of drug-likeness (QED) is 0.128. The summed E-state index contributed by atoms with van der Waals surface area (Å²) in [5.41, 5.74) is 3.42. The van der Waals surface area contributed by atoms with Crippen molar-refractivity contribution in [2.45, 2.75) is 91.9 Å². The van der Waals surface area contributed by atoms with Gasteiger partial charge in [-0.25, -0.2) is 0 Å². The summed E-state index contributed by atoms with van der Waals surface area (Å²) in [5, 5.41) is 0. The SMILES string of the molecule is C#CC#CC#CC#CC#CC#CC#CC#CC#CC#CC#CC#CC#CC#CC#C.CC(C)CCC(C)(C)c1ccc(C(=O)C(=O)c2ccc(C(C)(C)CCC(C)C)cc2)cc1.O=O.[HH].[HH].[HH].[HH].[HH].[HH].[HH].[HH].[HH].[HH].[HH].[HH].[HH].[HH].[HH].[HH].[HH].[HH].[HH].[HH]. The summed E-state index contributed by atoms with van der Waals surface area (Å²) in [4.78, 5) is 39.7. The third kappa shape index (κ3) is 26.0. The molecule has 348 valence electrons. The number of hydrogen-bond acceptors (Lipinski definition) is 4. The number of benzene rings is 2. The molecule has 2 aromatic rings. The van der Waals surface area contributed by atoms with Crippen molar-refractivity contribution in [1.29, 1.82) is 0 Å². The fourth-order valence-corrected chi connectivity index (χ4v) is 4.82. The molecule has 0 heterocycles. The van der Waals surface area contributed by atoms with Crippen LogP contribution < -0.4 is 0 Å². The first kappa shape index (κ1) is 54.8. The molecule has 0 unspecified atom stereocenters. The molecule has 0 aliphatic carbocycles. The average Bonchev–Trinajstić information content (AvgIpc) is 3.29. The van der Waals surface area contributed by atoms with E-state index in [1.54, 1.807) is 24.3 Å². The van der Waals surface area contributed by atoms with Crippen LogP contribution in [0.25, 0.3) is 0 Å². The molecule has 0 saturated heterocycles. The number of carbonyl (C=O) groups is 2. The molecule has 2 rings (SSSR count). The lowest BCUT2D eigenvalue weighted by Crippen LogP contribution is -2.20. The Kier molecular flexibility index (Phi) is 28.8. The van der Waals surface area contributed by atoms with Crippen LogP contribution in [-0.2, 0) is 10.8 Å². The fourth-order valence-electron chi connectivity index (χ4n) is 4.82. The van der Waals surface area contributed by atoms with Gasteiger partial charge in [0.25, 0.3) is 0 Å². The van der Waals surface area contributed by atoms with E-state index in [1.807, 2.05) is 24.3 Å². The average molecular weight is 869 g/mol. The Labute approximate surface area is 412 Å². The van der Waals surface area contributed by atoms with Gasteiger partial charge in [-0.2, -0.15) is 0 Å². The molecule has 0 radical (unpaired) electrons. The maximum Gasteiger partial charge on any atom is 0.233 e. The van der Waals surface area contributed by atoms with Crippen LogP contribution >= 0.6 is 0 Å². The van der Waals surface area contributed by atoms with E-state index in [1.165, 1.54) is 11.1 Å². The first-order valence-corrected chi connectivity index (χ1v) is 19.6. The summed E-state index contributed by atoms with van der Waals surface area (Å²) in [6.07, 6.45) is 14.3. The van der Waals surface area contributed by atoms with Crippen LogP contribution in [0.15, 0.2) is 48.5 Å². The molecule has 0 N–H and O–H groups in total. The monoisotopic (exact) mass is 869 g/mol. The highest BCUT2D eigenvalue weighted by Gasteiger charge is 2.24. The lowest BCUT2D eigenvalue weighted by molar-refractivity contribution is 0.0817. The van der Waals surface area contributed by atoms with Gasteiger partial charge in [-0.05, 0) is 141 Å². The van der Waals surface area contributed by atoms with E-state index in [0.717, 1.165) is 25.7 Å². The van der Waals surface area contributed by atoms with E-state index in [-0.39, 0.29) is 39.4 Å². The van der Waals surface area contributed by atoms with Crippen molar-refractivity contribution < 1.29 is 38.1 Å². The van der Waals surface area contributed by atoms with E-state index in [4.69, 9.17) is 22.8 Å². The van der Waals surface area contributed by atoms with Crippen molar-refractivity contribution >= 4 is 11.6 Å². The highest BCUT2D eigenvalue weighted by Crippen LogP contribution is 2.31. The normalized spacial score (nSPS) is 8.06.